The predicted molar refractivity (Wildman–Crippen MR) is 143 cm³/mol. The topological polar surface area (TPSA) is 105 Å². The van der Waals surface area contributed by atoms with Crippen molar-refractivity contribution in [3.05, 3.63) is 95.6 Å². The highest BCUT2D eigenvalue weighted by atomic mass is 31.2. The smallest absolute Gasteiger partial charge is 0.262 e. The molecule has 8 heteroatoms. The standard InChI is InChI=1S/C28H30N2O.H3O4P/c1-5-31-24-17-12-22(13-18-24)20-29-23-15-10-21(11-16-23)14-19-27-28(2,3)25-8-6-7-9-26(25)30(27)4;1-5(2,3)4/h6-19H,5,20H2,1-4H3;(H3,1,2,3,4). The SMILES string of the molecule is CCOc1ccc(CNc2ccc(C=CC3=[N+](C)c4ccccc4C3(C)C)cc2)cc1.O=P([O-])(O)O. The molecule has 0 amide bonds. The van der Waals surface area contributed by atoms with Crippen LogP contribution in [0.2, 0.25) is 0 Å². The fourth-order valence-corrected chi connectivity index (χ4v) is 4.26. The first kappa shape index (κ1) is 27.4. The molecule has 4 rings (SSSR count). The van der Waals surface area contributed by atoms with Gasteiger partial charge >= 0.3 is 0 Å². The van der Waals surface area contributed by atoms with Gasteiger partial charge in [-0.3, -0.25) is 4.57 Å². The molecule has 1 heterocycles. The van der Waals surface area contributed by atoms with Crippen molar-refractivity contribution in [3.63, 3.8) is 0 Å². The summed E-state index contributed by atoms with van der Waals surface area (Å²) in [6.07, 6.45) is 4.46. The minimum Gasteiger partial charge on any atom is -0.756 e. The van der Waals surface area contributed by atoms with Crippen molar-refractivity contribution in [2.75, 3.05) is 19.0 Å². The lowest BCUT2D eigenvalue weighted by molar-refractivity contribution is -0.401. The predicted octanol–water partition coefficient (Wildman–Crippen LogP) is 4.86. The van der Waals surface area contributed by atoms with Crippen molar-refractivity contribution in [3.8, 4) is 5.75 Å². The summed E-state index contributed by atoms with van der Waals surface area (Å²) in [5.74, 6) is 0.916. The van der Waals surface area contributed by atoms with Gasteiger partial charge in [-0.25, -0.2) is 0 Å². The van der Waals surface area contributed by atoms with Crippen molar-refractivity contribution in [2.24, 2.45) is 0 Å². The van der Waals surface area contributed by atoms with Crippen LogP contribution in [0.4, 0.5) is 11.4 Å². The van der Waals surface area contributed by atoms with Gasteiger partial charge in [-0.2, -0.15) is 4.58 Å². The number of nitrogens with one attached hydrogen (secondary N) is 1. The van der Waals surface area contributed by atoms with E-state index in [-0.39, 0.29) is 5.41 Å². The van der Waals surface area contributed by atoms with E-state index in [4.69, 9.17) is 24.0 Å². The van der Waals surface area contributed by atoms with E-state index in [1.807, 2.05) is 19.1 Å². The maximum Gasteiger partial charge on any atom is 0.262 e. The minimum absolute atomic E-state index is 0.00105. The van der Waals surface area contributed by atoms with Crippen LogP contribution in [0.15, 0.2) is 78.9 Å². The molecular weight excluding hydrogens is 475 g/mol. The van der Waals surface area contributed by atoms with Crippen LogP contribution in [-0.2, 0) is 16.5 Å². The summed E-state index contributed by atoms with van der Waals surface area (Å²) < 4.78 is 16.6. The Hall–Kier alpha value is -3.22. The maximum atomic E-state index is 8.77. The maximum absolute atomic E-state index is 8.77. The third-order valence-corrected chi connectivity index (χ3v) is 6.02. The Morgan fingerprint density at radius 3 is 2.19 bits per heavy atom. The number of phosphoric acid groups is 1. The summed E-state index contributed by atoms with van der Waals surface area (Å²) in [7, 11) is -2.73. The summed E-state index contributed by atoms with van der Waals surface area (Å²) in [6, 6.07) is 25.5. The van der Waals surface area contributed by atoms with E-state index in [1.54, 1.807) is 0 Å². The van der Waals surface area contributed by atoms with Crippen LogP contribution in [0.1, 0.15) is 37.5 Å². The molecule has 3 N–H and O–H groups in total. The first-order valence-corrected chi connectivity index (χ1v) is 13.2. The van der Waals surface area contributed by atoms with Gasteiger partial charge in [-0.15, -0.1) is 0 Å². The summed E-state index contributed by atoms with van der Waals surface area (Å²) in [5, 5.41) is 3.49. The molecular formula is C28H33N2O5P. The Kier molecular flexibility index (Phi) is 8.88. The van der Waals surface area contributed by atoms with Gasteiger partial charge in [-0.05, 0) is 62.2 Å². The number of anilines is 1. The molecule has 0 unspecified atom stereocenters. The highest BCUT2D eigenvalue weighted by molar-refractivity contribution is 7.43. The lowest BCUT2D eigenvalue weighted by atomic mass is 9.81. The van der Waals surface area contributed by atoms with Gasteiger partial charge in [0.25, 0.3) is 7.82 Å². The second-order valence-corrected chi connectivity index (χ2v) is 9.94. The van der Waals surface area contributed by atoms with Gasteiger partial charge in [0.1, 0.15) is 12.8 Å². The zero-order valence-corrected chi connectivity index (χ0v) is 21.9. The first-order valence-electron chi connectivity index (χ1n) is 11.7. The molecule has 3 aromatic rings. The van der Waals surface area contributed by atoms with E-state index < -0.39 is 7.82 Å². The van der Waals surface area contributed by atoms with Crippen LogP contribution in [0.25, 0.3) is 6.08 Å². The average molecular weight is 509 g/mol. The number of hydrogen-bond donors (Lipinski definition) is 3. The molecule has 0 saturated carbocycles. The summed E-state index contributed by atoms with van der Waals surface area (Å²) in [5.41, 5.74) is 7.53. The fourth-order valence-electron chi connectivity index (χ4n) is 4.26. The van der Waals surface area contributed by atoms with Crippen molar-refractivity contribution in [1.29, 1.82) is 0 Å². The number of nitrogens with zero attached hydrogens (tertiary/aromatic N) is 1. The Labute approximate surface area is 212 Å². The molecule has 3 aromatic carbocycles. The number of fused-ring (bicyclic) bond motifs is 1. The van der Waals surface area contributed by atoms with Crippen molar-refractivity contribution < 1.29 is 28.6 Å². The number of allylic oxidation sites excluding steroid dienone is 1. The Bertz CT molecular complexity index is 1270. The van der Waals surface area contributed by atoms with Crippen molar-refractivity contribution in [1.82, 2.24) is 0 Å². The summed E-state index contributed by atoms with van der Waals surface area (Å²) in [4.78, 5) is 22.9. The van der Waals surface area contributed by atoms with Crippen LogP contribution in [0.5, 0.6) is 5.75 Å². The van der Waals surface area contributed by atoms with Gasteiger partial charge in [0.15, 0.2) is 5.71 Å². The molecule has 0 fully saturated rings. The third-order valence-electron chi connectivity index (χ3n) is 6.02. The zero-order chi connectivity index (χ0) is 26.3. The first-order chi connectivity index (χ1) is 17.0. The zero-order valence-electron chi connectivity index (χ0n) is 21.0. The van der Waals surface area contributed by atoms with Crippen LogP contribution >= 0.6 is 7.82 Å². The quantitative estimate of drug-likeness (QED) is 0.311. The van der Waals surface area contributed by atoms with Crippen molar-refractivity contribution in [2.45, 2.75) is 32.7 Å². The van der Waals surface area contributed by atoms with Gasteiger partial charge in [0, 0.05) is 29.9 Å². The normalized spacial score (nSPS) is 14.3. The van der Waals surface area contributed by atoms with Crippen LogP contribution in [-0.4, -0.2) is 33.7 Å². The van der Waals surface area contributed by atoms with Crippen molar-refractivity contribution >= 4 is 31.0 Å². The van der Waals surface area contributed by atoms with Gasteiger partial charge < -0.3 is 24.7 Å². The Morgan fingerprint density at radius 2 is 1.61 bits per heavy atom. The van der Waals surface area contributed by atoms with E-state index in [0.717, 1.165) is 18.0 Å². The second kappa shape index (κ2) is 11.7. The Morgan fingerprint density at radius 1 is 1.00 bits per heavy atom. The molecule has 1 aliphatic rings. The number of hydrogen-bond acceptors (Lipinski definition) is 4. The van der Waals surface area contributed by atoms with E-state index in [0.29, 0.717) is 6.61 Å². The molecule has 0 radical (unpaired) electrons. The largest absolute Gasteiger partial charge is 0.756 e. The molecule has 1 aliphatic heterocycles. The second-order valence-electron chi connectivity index (χ2n) is 8.96. The fraction of sp³-hybridized carbons (Fsp3) is 0.250. The van der Waals surface area contributed by atoms with E-state index in [1.165, 1.54) is 28.1 Å². The lowest BCUT2D eigenvalue weighted by Gasteiger charge is -2.15. The highest BCUT2D eigenvalue weighted by Crippen LogP contribution is 2.39. The number of ether oxygens (including phenoxy) is 1. The number of benzene rings is 3. The van der Waals surface area contributed by atoms with Crippen LogP contribution in [0.3, 0.4) is 0 Å². The summed E-state index contributed by atoms with van der Waals surface area (Å²) >= 11 is 0. The molecule has 0 saturated heterocycles. The summed E-state index contributed by atoms with van der Waals surface area (Å²) in [6.45, 7) is 8.07. The number of rotatable bonds is 7. The number of para-hydroxylation sites is 1. The molecule has 0 bridgehead atoms. The van der Waals surface area contributed by atoms with Crippen LogP contribution < -0.4 is 14.9 Å². The molecule has 190 valence electrons. The minimum atomic E-state index is -4.89. The van der Waals surface area contributed by atoms with E-state index in [2.05, 4.69) is 104 Å². The molecule has 0 spiro atoms. The third kappa shape index (κ3) is 7.39. The van der Waals surface area contributed by atoms with Crippen LogP contribution in [0, 0.1) is 0 Å². The van der Waals surface area contributed by atoms with Gasteiger partial charge in [-0.1, -0.05) is 42.5 Å². The molecule has 0 atom stereocenters. The average Bonchev–Trinajstić information content (AvgIpc) is 3.02. The molecule has 0 aliphatic carbocycles. The van der Waals surface area contributed by atoms with E-state index in [9.17, 15) is 0 Å². The van der Waals surface area contributed by atoms with Gasteiger partial charge in [0.05, 0.1) is 12.0 Å². The lowest BCUT2D eigenvalue weighted by Crippen LogP contribution is -2.26. The Balaban J connectivity index is 0.000000658. The molecule has 7 nitrogen and oxygen atoms in total. The van der Waals surface area contributed by atoms with E-state index >= 15 is 0 Å². The molecule has 36 heavy (non-hydrogen) atoms. The monoisotopic (exact) mass is 508 g/mol. The highest BCUT2D eigenvalue weighted by Gasteiger charge is 2.42. The van der Waals surface area contributed by atoms with Gasteiger partial charge in [0.2, 0.25) is 5.69 Å². The molecule has 0 aromatic heterocycles.